The number of benzene rings is 2. The fourth-order valence-corrected chi connectivity index (χ4v) is 2.44. The van der Waals surface area contributed by atoms with Crippen molar-refractivity contribution in [2.24, 2.45) is 0 Å². The molecule has 9 nitrogen and oxygen atoms in total. The minimum Gasteiger partial charge on any atom is -0.457 e. The van der Waals surface area contributed by atoms with E-state index < -0.39 is 0 Å². The molecular formula is C19H16N6O3. The van der Waals surface area contributed by atoms with Crippen LogP contribution < -0.4 is 10.1 Å². The van der Waals surface area contributed by atoms with Gasteiger partial charge in [0.2, 0.25) is 17.6 Å². The molecule has 0 aliphatic carbocycles. The summed E-state index contributed by atoms with van der Waals surface area (Å²) in [6, 6.07) is 16.6. The molecule has 2 aromatic heterocycles. The van der Waals surface area contributed by atoms with E-state index in [-0.39, 0.29) is 12.3 Å². The first kappa shape index (κ1) is 17.4. The topological polar surface area (TPSA) is 119 Å². The number of aromatic amines is 1. The first-order chi connectivity index (χ1) is 13.8. The van der Waals surface area contributed by atoms with E-state index in [1.165, 1.54) is 6.33 Å². The highest BCUT2D eigenvalue weighted by Crippen LogP contribution is 2.22. The highest BCUT2D eigenvalue weighted by atomic mass is 16.5. The van der Waals surface area contributed by atoms with Gasteiger partial charge in [-0.15, -0.1) is 0 Å². The predicted molar refractivity (Wildman–Crippen MR) is 99.6 cm³/mol. The van der Waals surface area contributed by atoms with E-state index in [2.05, 4.69) is 30.6 Å². The second-order valence-corrected chi connectivity index (χ2v) is 5.83. The number of carbonyl (C=O) groups is 1. The Balaban J connectivity index is 1.28. The van der Waals surface area contributed by atoms with Crippen LogP contribution in [0.3, 0.4) is 0 Å². The molecule has 2 aromatic carbocycles. The molecule has 1 amide bonds. The van der Waals surface area contributed by atoms with E-state index in [9.17, 15) is 4.79 Å². The summed E-state index contributed by atoms with van der Waals surface area (Å²) < 4.78 is 10.8. The van der Waals surface area contributed by atoms with Crippen LogP contribution in [0.15, 0.2) is 65.4 Å². The lowest BCUT2D eigenvalue weighted by molar-refractivity contribution is -0.116. The summed E-state index contributed by atoms with van der Waals surface area (Å²) in [5.41, 5.74) is 0.679. The Labute approximate surface area is 159 Å². The molecule has 0 saturated carbocycles. The second-order valence-electron chi connectivity index (χ2n) is 5.83. The first-order valence-electron chi connectivity index (χ1n) is 8.57. The minimum absolute atomic E-state index is 0.156. The van der Waals surface area contributed by atoms with Gasteiger partial charge in [-0.25, -0.2) is 4.98 Å². The summed E-state index contributed by atoms with van der Waals surface area (Å²) in [5, 5.41) is 13.0. The largest absolute Gasteiger partial charge is 0.457 e. The zero-order valence-corrected chi connectivity index (χ0v) is 14.7. The van der Waals surface area contributed by atoms with E-state index in [1.807, 2.05) is 30.3 Å². The maximum atomic E-state index is 12.1. The predicted octanol–water partition coefficient (Wildman–Crippen LogP) is 3.22. The van der Waals surface area contributed by atoms with Crippen LogP contribution >= 0.6 is 0 Å². The Hall–Kier alpha value is -4.01. The number of H-pyrrole nitrogens is 1. The average molecular weight is 376 g/mol. The quantitative estimate of drug-likeness (QED) is 0.508. The van der Waals surface area contributed by atoms with Gasteiger partial charge in [0, 0.05) is 18.5 Å². The van der Waals surface area contributed by atoms with Crippen molar-refractivity contribution in [3.8, 4) is 23.1 Å². The number of para-hydroxylation sites is 1. The molecule has 2 N–H and O–H groups in total. The smallest absolute Gasteiger partial charge is 0.239 e. The summed E-state index contributed by atoms with van der Waals surface area (Å²) in [5.74, 6) is 2.36. The summed E-state index contributed by atoms with van der Waals surface area (Å²) in [6.45, 7) is 0. The number of nitrogens with one attached hydrogen (secondary N) is 2. The molecule has 0 aliphatic rings. The van der Waals surface area contributed by atoms with Crippen LogP contribution in [0.5, 0.6) is 11.5 Å². The van der Waals surface area contributed by atoms with E-state index in [0.29, 0.717) is 35.4 Å². The lowest BCUT2D eigenvalue weighted by atomic mass is 10.2. The molecule has 4 aromatic rings. The van der Waals surface area contributed by atoms with Crippen molar-refractivity contribution in [2.75, 3.05) is 5.32 Å². The van der Waals surface area contributed by atoms with Crippen molar-refractivity contribution in [1.29, 1.82) is 0 Å². The Bertz CT molecular complexity index is 1030. The number of hydrogen-bond acceptors (Lipinski definition) is 7. The molecule has 0 fully saturated rings. The molecule has 140 valence electrons. The maximum Gasteiger partial charge on any atom is 0.239 e. The summed E-state index contributed by atoms with van der Waals surface area (Å²) in [7, 11) is 0. The molecular weight excluding hydrogens is 360 g/mol. The van der Waals surface area contributed by atoms with Crippen molar-refractivity contribution in [3.05, 3.63) is 66.8 Å². The molecule has 2 heterocycles. The second kappa shape index (κ2) is 8.12. The van der Waals surface area contributed by atoms with Crippen molar-refractivity contribution in [1.82, 2.24) is 25.3 Å². The van der Waals surface area contributed by atoms with Gasteiger partial charge in [-0.05, 0) is 36.4 Å². The fourth-order valence-electron chi connectivity index (χ4n) is 2.44. The fraction of sp³-hybridized carbons (Fsp3) is 0.105. The summed E-state index contributed by atoms with van der Waals surface area (Å²) in [6.07, 6.45) is 1.89. The standard InChI is InChI=1S/C19H16N6O3/c26-16(10-11-17-23-19(25-28-17)18-20-12-21-24-18)22-13-6-8-15(9-7-13)27-14-4-2-1-3-5-14/h1-9,12H,10-11H2,(H,22,26)(H,20,21,24). The number of hydrogen-bond donors (Lipinski definition) is 2. The number of nitrogens with zero attached hydrogens (tertiary/aromatic N) is 4. The van der Waals surface area contributed by atoms with Gasteiger partial charge in [-0.3, -0.25) is 9.89 Å². The molecule has 9 heteroatoms. The van der Waals surface area contributed by atoms with Gasteiger partial charge in [0.25, 0.3) is 0 Å². The van der Waals surface area contributed by atoms with Crippen molar-refractivity contribution in [2.45, 2.75) is 12.8 Å². The first-order valence-corrected chi connectivity index (χ1v) is 8.57. The molecule has 28 heavy (non-hydrogen) atoms. The number of anilines is 1. The molecule has 0 atom stereocenters. The molecule has 0 spiro atoms. The minimum atomic E-state index is -0.156. The molecule has 0 radical (unpaired) electrons. The van der Waals surface area contributed by atoms with Gasteiger partial charge in [-0.1, -0.05) is 23.4 Å². The normalized spacial score (nSPS) is 10.6. The molecule has 4 rings (SSSR count). The summed E-state index contributed by atoms with van der Waals surface area (Å²) in [4.78, 5) is 20.3. The van der Waals surface area contributed by atoms with Crippen molar-refractivity contribution < 1.29 is 14.1 Å². The number of carbonyl (C=O) groups excluding carboxylic acids is 1. The number of amides is 1. The zero-order chi connectivity index (χ0) is 19.2. The third kappa shape index (κ3) is 4.39. The van der Waals surface area contributed by atoms with Crippen molar-refractivity contribution >= 4 is 11.6 Å². The van der Waals surface area contributed by atoms with Crippen LogP contribution in [0.4, 0.5) is 5.69 Å². The summed E-state index contributed by atoms with van der Waals surface area (Å²) >= 11 is 0. The van der Waals surface area contributed by atoms with Crippen LogP contribution in [0, 0.1) is 0 Å². The third-order valence-electron chi connectivity index (χ3n) is 3.78. The number of rotatable bonds is 7. The zero-order valence-electron chi connectivity index (χ0n) is 14.7. The Morgan fingerprint density at radius 3 is 2.61 bits per heavy atom. The highest BCUT2D eigenvalue weighted by molar-refractivity contribution is 5.90. The Kier molecular flexibility index (Phi) is 5.05. The lowest BCUT2D eigenvalue weighted by Gasteiger charge is -2.07. The van der Waals surface area contributed by atoms with Crippen molar-refractivity contribution in [3.63, 3.8) is 0 Å². The highest BCUT2D eigenvalue weighted by Gasteiger charge is 2.12. The average Bonchev–Trinajstić information content (AvgIpc) is 3.41. The van der Waals surface area contributed by atoms with Gasteiger partial charge in [0.15, 0.2) is 5.82 Å². The van der Waals surface area contributed by atoms with E-state index in [0.717, 1.165) is 5.75 Å². The van der Waals surface area contributed by atoms with Crippen LogP contribution in [0.25, 0.3) is 11.6 Å². The molecule has 0 bridgehead atoms. The third-order valence-corrected chi connectivity index (χ3v) is 3.78. The van der Waals surface area contributed by atoms with Crippen LogP contribution in [0.2, 0.25) is 0 Å². The Morgan fingerprint density at radius 1 is 1.07 bits per heavy atom. The van der Waals surface area contributed by atoms with E-state index in [4.69, 9.17) is 9.26 Å². The molecule has 0 unspecified atom stereocenters. The lowest BCUT2D eigenvalue weighted by Crippen LogP contribution is -2.12. The van der Waals surface area contributed by atoms with Crippen LogP contribution in [0.1, 0.15) is 12.3 Å². The van der Waals surface area contributed by atoms with E-state index in [1.54, 1.807) is 24.3 Å². The van der Waals surface area contributed by atoms with Crippen LogP contribution in [-0.2, 0) is 11.2 Å². The monoisotopic (exact) mass is 376 g/mol. The van der Waals surface area contributed by atoms with Gasteiger partial charge >= 0.3 is 0 Å². The van der Waals surface area contributed by atoms with Crippen LogP contribution in [-0.4, -0.2) is 31.2 Å². The number of ether oxygens (including phenoxy) is 1. The van der Waals surface area contributed by atoms with Gasteiger partial charge in [0.1, 0.15) is 17.8 Å². The molecule has 0 saturated heterocycles. The number of aryl methyl sites for hydroxylation is 1. The number of aromatic nitrogens is 5. The van der Waals surface area contributed by atoms with Gasteiger partial charge in [-0.2, -0.15) is 10.1 Å². The maximum absolute atomic E-state index is 12.1. The van der Waals surface area contributed by atoms with Gasteiger partial charge < -0.3 is 14.6 Å². The SMILES string of the molecule is O=C(CCc1nc(-c2ncn[nH]2)no1)Nc1ccc(Oc2ccccc2)cc1. The molecule has 0 aliphatic heterocycles. The van der Waals surface area contributed by atoms with Gasteiger partial charge in [0.05, 0.1) is 0 Å². The Morgan fingerprint density at radius 2 is 1.86 bits per heavy atom. The van der Waals surface area contributed by atoms with E-state index >= 15 is 0 Å².